The molecule has 0 bridgehead atoms. The van der Waals surface area contributed by atoms with E-state index in [1.54, 1.807) is 19.1 Å². The number of hydrogen-bond acceptors (Lipinski definition) is 3. The quantitative estimate of drug-likeness (QED) is 0.721. The van der Waals surface area contributed by atoms with Crippen molar-refractivity contribution in [2.75, 3.05) is 12.8 Å². The van der Waals surface area contributed by atoms with E-state index in [-0.39, 0.29) is 29.9 Å². The van der Waals surface area contributed by atoms with Crippen LogP contribution in [0.1, 0.15) is 18.1 Å². The summed E-state index contributed by atoms with van der Waals surface area (Å²) in [6, 6.07) is 12.8. The number of thioether (sulfide) groups is 1. The third kappa shape index (κ3) is 6.26. The molecule has 0 aliphatic carbocycles. The van der Waals surface area contributed by atoms with Gasteiger partial charge in [0.1, 0.15) is 11.9 Å². The molecule has 1 unspecified atom stereocenters. The first-order valence-corrected chi connectivity index (χ1v) is 10.0. The summed E-state index contributed by atoms with van der Waals surface area (Å²) in [6.45, 7) is 1.92. The SMILES string of the molecule is CNC(=O)C(C)N(Cc1ccc(F)cc1)C(=O)CSCc1ccccc1Cl. The largest absolute Gasteiger partial charge is 0.357 e. The molecule has 4 nitrogen and oxygen atoms in total. The van der Waals surface area contributed by atoms with E-state index in [1.165, 1.54) is 35.8 Å². The fraction of sp³-hybridized carbons (Fsp3) is 0.300. The topological polar surface area (TPSA) is 49.4 Å². The van der Waals surface area contributed by atoms with Crippen molar-refractivity contribution in [3.05, 3.63) is 70.5 Å². The molecule has 0 aromatic heterocycles. The Morgan fingerprint density at radius 2 is 1.85 bits per heavy atom. The van der Waals surface area contributed by atoms with E-state index in [2.05, 4.69) is 5.32 Å². The van der Waals surface area contributed by atoms with Crippen molar-refractivity contribution in [3.8, 4) is 0 Å². The minimum absolute atomic E-state index is 0.160. The molecular formula is C20H22ClFN2O2S. The average Bonchev–Trinajstić information content (AvgIpc) is 2.67. The molecule has 0 saturated heterocycles. The van der Waals surface area contributed by atoms with E-state index in [4.69, 9.17) is 11.6 Å². The van der Waals surface area contributed by atoms with Crippen LogP contribution in [0.4, 0.5) is 4.39 Å². The molecule has 0 aliphatic rings. The van der Waals surface area contributed by atoms with Crippen LogP contribution in [0, 0.1) is 5.82 Å². The van der Waals surface area contributed by atoms with Gasteiger partial charge in [-0.3, -0.25) is 9.59 Å². The summed E-state index contributed by atoms with van der Waals surface area (Å²) in [5, 5.41) is 3.23. The summed E-state index contributed by atoms with van der Waals surface area (Å²) in [5.41, 5.74) is 1.72. The first-order valence-electron chi connectivity index (χ1n) is 8.49. The van der Waals surface area contributed by atoms with Crippen LogP contribution in [0.2, 0.25) is 5.02 Å². The van der Waals surface area contributed by atoms with Crippen molar-refractivity contribution in [3.63, 3.8) is 0 Å². The third-order valence-corrected chi connectivity index (χ3v) is 5.46. The highest BCUT2D eigenvalue weighted by Gasteiger charge is 2.25. The zero-order valence-corrected chi connectivity index (χ0v) is 16.8. The van der Waals surface area contributed by atoms with Crippen LogP contribution in [0.5, 0.6) is 0 Å². The number of rotatable bonds is 8. The zero-order chi connectivity index (χ0) is 19.8. The molecule has 2 aromatic carbocycles. The van der Waals surface area contributed by atoms with Gasteiger partial charge in [0.15, 0.2) is 0 Å². The molecule has 0 radical (unpaired) electrons. The first kappa shape index (κ1) is 21.3. The minimum atomic E-state index is -0.631. The number of nitrogens with one attached hydrogen (secondary N) is 1. The standard InChI is InChI=1S/C20H22ClFN2O2S/c1-14(20(26)23-2)24(11-15-7-9-17(22)10-8-15)19(25)13-27-12-16-5-3-4-6-18(16)21/h3-10,14H,11-13H2,1-2H3,(H,23,26). The Bertz CT molecular complexity index is 786. The molecule has 2 rings (SSSR count). The highest BCUT2D eigenvalue weighted by atomic mass is 35.5. The molecule has 1 atom stereocenters. The van der Waals surface area contributed by atoms with Crippen LogP contribution in [0.25, 0.3) is 0 Å². The third-order valence-electron chi connectivity index (χ3n) is 4.12. The normalized spacial score (nSPS) is 11.7. The minimum Gasteiger partial charge on any atom is -0.357 e. The van der Waals surface area contributed by atoms with Crippen LogP contribution in [-0.4, -0.2) is 35.6 Å². The van der Waals surface area contributed by atoms with E-state index >= 15 is 0 Å². The lowest BCUT2D eigenvalue weighted by molar-refractivity contribution is -0.138. The van der Waals surface area contributed by atoms with Crippen LogP contribution < -0.4 is 5.32 Å². The van der Waals surface area contributed by atoms with Crippen LogP contribution >= 0.6 is 23.4 Å². The molecular weight excluding hydrogens is 387 g/mol. The van der Waals surface area contributed by atoms with Crippen LogP contribution in [-0.2, 0) is 21.9 Å². The van der Waals surface area contributed by atoms with Crippen molar-refractivity contribution >= 4 is 35.2 Å². The van der Waals surface area contributed by atoms with E-state index in [0.29, 0.717) is 10.8 Å². The summed E-state index contributed by atoms with van der Waals surface area (Å²) in [6.07, 6.45) is 0. The lowest BCUT2D eigenvalue weighted by Gasteiger charge is -2.28. The van der Waals surface area contributed by atoms with E-state index in [9.17, 15) is 14.0 Å². The van der Waals surface area contributed by atoms with Gasteiger partial charge in [0, 0.05) is 24.4 Å². The number of likely N-dealkylation sites (N-methyl/N-ethyl adjacent to an activating group) is 1. The summed E-state index contributed by atoms with van der Waals surface area (Å²) < 4.78 is 13.1. The Morgan fingerprint density at radius 3 is 2.48 bits per heavy atom. The summed E-state index contributed by atoms with van der Waals surface area (Å²) >= 11 is 7.58. The maximum Gasteiger partial charge on any atom is 0.242 e. The second kappa shape index (κ2) is 10.3. The van der Waals surface area contributed by atoms with E-state index < -0.39 is 6.04 Å². The number of carbonyl (C=O) groups excluding carboxylic acids is 2. The predicted octanol–water partition coefficient (Wildman–Crippen LogP) is 3.88. The van der Waals surface area contributed by atoms with Gasteiger partial charge in [-0.2, -0.15) is 0 Å². The van der Waals surface area contributed by atoms with Gasteiger partial charge < -0.3 is 10.2 Å². The number of halogens is 2. The zero-order valence-electron chi connectivity index (χ0n) is 15.2. The highest BCUT2D eigenvalue weighted by Crippen LogP contribution is 2.21. The summed E-state index contributed by atoms with van der Waals surface area (Å²) in [7, 11) is 1.53. The van der Waals surface area contributed by atoms with Crippen molar-refractivity contribution in [1.82, 2.24) is 10.2 Å². The molecule has 27 heavy (non-hydrogen) atoms. The smallest absolute Gasteiger partial charge is 0.242 e. The number of hydrogen-bond donors (Lipinski definition) is 1. The van der Waals surface area contributed by atoms with Gasteiger partial charge >= 0.3 is 0 Å². The Morgan fingerprint density at radius 1 is 1.19 bits per heavy atom. The molecule has 0 fully saturated rings. The van der Waals surface area contributed by atoms with Gasteiger partial charge in [-0.05, 0) is 36.2 Å². The second-order valence-corrected chi connectivity index (χ2v) is 7.42. The Labute approximate surface area is 168 Å². The fourth-order valence-electron chi connectivity index (χ4n) is 2.52. The molecule has 0 heterocycles. The lowest BCUT2D eigenvalue weighted by Crippen LogP contribution is -2.47. The van der Waals surface area contributed by atoms with Gasteiger partial charge in [-0.1, -0.05) is 41.9 Å². The molecule has 0 saturated carbocycles. The first-order chi connectivity index (χ1) is 12.9. The molecule has 1 N–H and O–H groups in total. The predicted molar refractivity (Wildman–Crippen MR) is 108 cm³/mol. The Kier molecular flexibility index (Phi) is 8.13. The van der Waals surface area contributed by atoms with Crippen molar-refractivity contribution in [2.24, 2.45) is 0 Å². The van der Waals surface area contributed by atoms with Crippen LogP contribution in [0.3, 0.4) is 0 Å². The number of benzene rings is 2. The van der Waals surface area contributed by atoms with Gasteiger partial charge in [0.05, 0.1) is 5.75 Å². The van der Waals surface area contributed by atoms with Crippen molar-refractivity contribution in [2.45, 2.75) is 25.3 Å². The molecule has 2 amide bonds. The Hall–Kier alpha value is -2.05. The fourth-order valence-corrected chi connectivity index (χ4v) is 3.72. The monoisotopic (exact) mass is 408 g/mol. The molecule has 144 valence electrons. The molecule has 2 aromatic rings. The van der Waals surface area contributed by atoms with Gasteiger partial charge in [-0.15, -0.1) is 11.8 Å². The summed E-state index contributed by atoms with van der Waals surface area (Å²) in [4.78, 5) is 26.3. The molecule has 0 aliphatic heterocycles. The van der Waals surface area contributed by atoms with Gasteiger partial charge in [0.25, 0.3) is 0 Å². The maximum atomic E-state index is 13.1. The average molecular weight is 409 g/mol. The van der Waals surface area contributed by atoms with Crippen molar-refractivity contribution in [1.29, 1.82) is 0 Å². The van der Waals surface area contributed by atoms with Crippen molar-refractivity contribution < 1.29 is 14.0 Å². The molecule has 0 spiro atoms. The summed E-state index contributed by atoms with van der Waals surface area (Å²) in [5.74, 6) is 0.0677. The Balaban J connectivity index is 2.04. The van der Waals surface area contributed by atoms with E-state index in [1.807, 2.05) is 24.3 Å². The van der Waals surface area contributed by atoms with Gasteiger partial charge in [0.2, 0.25) is 11.8 Å². The lowest BCUT2D eigenvalue weighted by atomic mass is 10.1. The van der Waals surface area contributed by atoms with E-state index in [0.717, 1.165) is 11.1 Å². The molecule has 7 heteroatoms. The number of nitrogens with zero attached hydrogens (tertiary/aromatic N) is 1. The highest BCUT2D eigenvalue weighted by molar-refractivity contribution is 7.99. The van der Waals surface area contributed by atoms with Crippen LogP contribution in [0.15, 0.2) is 48.5 Å². The number of amides is 2. The van der Waals surface area contributed by atoms with Gasteiger partial charge in [-0.25, -0.2) is 4.39 Å². The number of carbonyl (C=O) groups is 2. The maximum absolute atomic E-state index is 13.1. The second-order valence-electron chi connectivity index (χ2n) is 6.02.